The maximum Gasteiger partial charge on any atom is 0.130 e. The van der Waals surface area contributed by atoms with Gasteiger partial charge in [-0.1, -0.05) is 46.3 Å². The third kappa shape index (κ3) is 2.56. The van der Waals surface area contributed by atoms with E-state index in [9.17, 15) is 4.39 Å². The Morgan fingerprint density at radius 2 is 1.78 bits per heavy atom. The van der Waals surface area contributed by atoms with Crippen molar-refractivity contribution in [3.63, 3.8) is 0 Å². The number of rotatable bonds is 3. The zero-order valence-corrected chi connectivity index (χ0v) is 11.9. The number of hydrogen-bond donors (Lipinski definition) is 0. The van der Waals surface area contributed by atoms with Gasteiger partial charge in [-0.3, -0.25) is 0 Å². The third-order valence-electron chi connectivity index (χ3n) is 2.90. The van der Waals surface area contributed by atoms with Crippen molar-refractivity contribution < 1.29 is 9.13 Å². The van der Waals surface area contributed by atoms with E-state index in [0.29, 0.717) is 11.1 Å². The number of methoxy groups -OCH3 is 1. The van der Waals surface area contributed by atoms with Crippen LogP contribution in [-0.4, -0.2) is 7.11 Å². The van der Waals surface area contributed by atoms with Crippen molar-refractivity contribution in [1.82, 2.24) is 0 Å². The molecular weight excluding hydrogens is 295 g/mol. The molecule has 0 aliphatic carbocycles. The fourth-order valence-corrected chi connectivity index (χ4v) is 2.48. The highest BCUT2D eigenvalue weighted by molar-refractivity contribution is 9.09. The first-order valence-corrected chi connectivity index (χ1v) is 6.58. The Kier molecular flexibility index (Phi) is 4.02. The van der Waals surface area contributed by atoms with Crippen molar-refractivity contribution in [2.45, 2.75) is 11.8 Å². The van der Waals surface area contributed by atoms with Crippen LogP contribution in [0.3, 0.4) is 0 Å². The highest BCUT2D eigenvalue weighted by Crippen LogP contribution is 2.33. The molecular formula is C15H14BrFO. The zero-order valence-electron chi connectivity index (χ0n) is 10.3. The molecule has 0 heterocycles. The van der Waals surface area contributed by atoms with Gasteiger partial charge >= 0.3 is 0 Å². The van der Waals surface area contributed by atoms with Crippen molar-refractivity contribution in [2.75, 3.05) is 7.11 Å². The van der Waals surface area contributed by atoms with Crippen molar-refractivity contribution in [2.24, 2.45) is 0 Å². The molecule has 0 bridgehead atoms. The lowest BCUT2D eigenvalue weighted by Gasteiger charge is -2.13. The normalized spacial score (nSPS) is 12.2. The number of benzene rings is 2. The summed E-state index contributed by atoms with van der Waals surface area (Å²) in [5.41, 5.74) is 2.31. The van der Waals surface area contributed by atoms with Crippen LogP contribution in [0, 0.1) is 12.7 Å². The summed E-state index contributed by atoms with van der Waals surface area (Å²) in [6, 6.07) is 13.0. The minimum atomic E-state index is -0.157. The molecule has 0 amide bonds. The molecule has 94 valence electrons. The molecule has 0 aliphatic rings. The monoisotopic (exact) mass is 308 g/mol. The Balaban J connectivity index is 2.35. The van der Waals surface area contributed by atoms with Crippen molar-refractivity contribution in [1.29, 1.82) is 0 Å². The van der Waals surface area contributed by atoms with Gasteiger partial charge in [0, 0.05) is 5.56 Å². The Hall–Kier alpha value is -1.35. The Labute approximate surface area is 115 Å². The van der Waals surface area contributed by atoms with Crippen molar-refractivity contribution in [3.05, 3.63) is 65.0 Å². The van der Waals surface area contributed by atoms with Crippen LogP contribution in [0.5, 0.6) is 5.75 Å². The second-order valence-electron chi connectivity index (χ2n) is 4.11. The lowest BCUT2D eigenvalue weighted by Crippen LogP contribution is -1.98. The molecule has 1 unspecified atom stereocenters. The molecule has 0 saturated heterocycles. The van der Waals surface area contributed by atoms with Crippen molar-refractivity contribution in [3.8, 4) is 5.75 Å². The molecule has 0 aromatic heterocycles. The number of halogens is 2. The SMILES string of the molecule is COc1ccc(C(Br)c2cccc(C)c2F)cc1. The summed E-state index contributed by atoms with van der Waals surface area (Å²) in [6.07, 6.45) is 0. The molecule has 0 saturated carbocycles. The fourth-order valence-electron chi connectivity index (χ4n) is 1.82. The van der Waals surface area contributed by atoms with E-state index in [1.807, 2.05) is 30.3 Å². The average Bonchev–Trinajstić information content (AvgIpc) is 2.41. The first-order valence-electron chi connectivity index (χ1n) is 5.66. The largest absolute Gasteiger partial charge is 0.497 e. The molecule has 1 atom stereocenters. The fraction of sp³-hybridized carbons (Fsp3) is 0.200. The summed E-state index contributed by atoms with van der Waals surface area (Å²) in [4.78, 5) is -0.150. The number of ether oxygens (including phenoxy) is 1. The molecule has 1 nitrogen and oxygen atoms in total. The maximum absolute atomic E-state index is 14.0. The first-order chi connectivity index (χ1) is 8.63. The molecule has 0 aliphatic heterocycles. The maximum atomic E-state index is 14.0. The van der Waals surface area contributed by atoms with E-state index in [1.165, 1.54) is 0 Å². The lowest BCUT2D eigenvalue weighted by molar-refractivity contribution is 0.414. The van der Waals surface area contributed by atoms with Gasteiger partial charge in [0.05, 0.1) is 11.9 Å². The molecule has 2 aromatic carbocycles. The summed E-state index contributed by atoms with van der Waals surface area (Å²) >= 11 is 3.54. The van der Waals surface area contributed by atoms with Gasteiger partial charge in [0.15, 0.2) is 0 Å². The number of alkyl halides is 1. The van der Waals surface area contributed by atoms with E-state index in [4.69, 9.17) is 4.74 Å². The van der Waals surface area contributed by atoms with Gasteiger partial charge in [-0.15, -0.1) is 0 Å². The topological polar surface area (TPSA) is 9.23 Å². The highest BCUT2D eigenvalue weighted by Gasteiger charge is 2.15. The van der Waals surface area contributed by atoms with E-state index >= 15 is 0 Å². The van der Waals surface area contributed by atoms with Crippen molar-refractivity contribution >= 4 is 15.9 Å². The van der Waals surface area contributed by atoms with Gasteiger partial charge in [-0.05, 0) is 30.2 Å². The minimum Gasteiger partial charge on any atom is -0.497 e. The molecule has 18 heavy (non-hydrogen) atoms. The van der Waals surface area contributed by atoms with E-state index in [1.54, 1.807) is 26.2 Å². The summed E-state index contributed by atoms with van der Waals surface area (Å²) in [7, 11) is 1.63. The van der Waals surface area contributed by atoms with Gasteiger partial charge in [0.1, 0.15) is 11.6 Å². The summed E-state index contributed by atoms with van der Waals surface area (Å²) < 4.78 is 19.1. The standard InChI is InChI=1S/C15H14BrFO/c1-10-4-3-5-13(15(10)17)14(16)11-6-8-12(18-2)9-7-11/h3-9,14H,1-2H3. The van der Waals surface area contributed by atoms with E-state index in [2.05, 4.69) is 15.9 Å². The first kappa shape index (κ1) is 13.1. The molecule has 0 spiro atoms. The van der Waals surface area contributed by atoms with Gasteiger partial charge in [0.2, 0.25) is 0 Å². The smallest absolute Gasteiger partial charge is 0.130 e. The second-order valence-corrected chi connectivity index (χ2v) is 5.03. The molecule has 0 N–H and O–H groups in total. The molecule has 3 heteroatoms. The van der Waals surface area contributed by atoms with Gasteiger partial charge in [-0.2, -0.15) is 0 Å². The third-order valence-corrected chi connectivity index (χ3v) is 3.93. The lowest BCUT2D eigenvalue weighted by atomic mass is 10.0. The van der Waals surface area contributed by atoms with Gasteiger partial charge in [0.25, 0.3) is 0 Å². The van der Waals surface area contributed by atoms with Crippen LogP contribution in [0.15, 0.2) is 42.5 Å². The van der Waals surface area contributed by atoms with E-state index < -0.39 is 0 Å². The Morgan fingerprint density at radius 1 is 1.11 bits per heavy atom. The second kappa shape index (κ2) is 5.53. The minimum absolute atomic E-state index is 0.150. The van der Waals surface area contributed by atoms with Crippen LogP contribution in [-0.2, 0) is 0 Å². The van der Waals surface area contributed by atoms with Crippen LogP contribution in [0.25, 0.3) is 0 Å². The van der Waals surface area contributed by atoms with E-state index in [-0.39, 0.29) is 10.6 Å². The van der Waals surface area contributed by atoms with Gasteiger partial charge < -0.3 is 4.74 Å². The van der Waals surface area contributed by atoms with Crippen LogP contribution in [0.2, 0.25) is 0 Å². The van der Waals surface area contributed by atoms with E-state index in [0.717, 1.165) is 11.3 Å². The predicted molar refractivity (Wildman–Crippen MR) is 74.9 cm³/mol. The summed E-state index contributed by atoms with van der Waals surface area (Å²) in [6.45, 7) is 1.77. The number of aryl methyl sites for hydroxylation is 1. The Bertz CT molecular complexity index is 537. The molecule has 2 aromatic rings. The molecule has 2 rings (SSSR count). The summed E-state index contributed by atoms with van der Waals surface area (Å²) in [5, 5.41) is 0. The zero-order chi connectivity index (χ0) is 13.1. The van der Waals surface area contributed by atoms with Crippen LogP contribution < -0.4 is 4.74 Å². The van der Waals surface area contributed by atoms with Crippen LogP contribution in [0.1, 0.15) is 21.5 Å². The molecule has 0 radical (unpaired) electrons. The summed E-state index contributed by atoms with van der Waals surface area (Å²) in [5.74, 6) is 0.637. The highest BCUT2D eigenvalue weighted by atomic mass is 79.9. The Morgan fingerprint density at radius 3 is 2.39 bits per heavy atom. The molecule has 0 fully saturated rings. The van der Waals surface area contributed by atoms with Crippen LogP contribution >= 0.6 is 15.9 Å². The predicted octanol–water partition coefficient (Wildman–Crippen LogP) is 4.63. The number of hydrogen-bond acceptors (Lipinski definition) is 1. The average molecular weight is 309 g/mol. The van der Waals surface area contributed by atoms with Gasteiger partial charge in [-0.25, -0.2) is 4.39 Å². The quantitative estimate of drug-likeness (QED) is 0.751. The van der Waals surface area contributed by atoms with Crippen LogP contribution in [0.4, 0.5) is 4.39 Å².